The van der Waals surface area contributed by atoms with Gasteiger partial charge in [-0.1, -0.05) is 25.1 Å². The summed E-state index contributed by atoms with van der Waals surface area (Å²) in [5, 5.41) is 3.28. The highest BCUT2D eigenvalue weighted by Gasteiger charge is 2.02. The van der Waals surface area contributed by atoms with Gasteiger partial charge in [0.25, 0.3) is 0 Å². The van der Waals surface area contributed by atoms with Gasteiger partial charge in [0.15, 0.2) is 0 Å². The molecule has 96 valence electrons. The van der Waals surface area contributed by atoms with Crippen LogP contribution in [0, 0.1) is 5.82 Å². The van der Waals surface area contributed by atoms with Crippen LogP contribution in [-0.4, -0.2) is 4.57 Å². The second kappa shape index (κ2) is 6.36. The van der Waals surface area contributed by atoms with Gasteiger partial charge >= 0.3 is 0 Å². The monoisotopic (exact) mass is 246 g/mol. The quantitative estimate of drug-likeness (QED) is 0.827. The first-order valence-electron chi connectivity index (χ1n) is 6.39. The Bertz CT molecular complexity index is 491. The molecule has 0 saturated carbocycles. The summed E-state index contributed by atoms with van der Waals surface area (Å²) in [6.45, 7) is 4.52. The molecule has 1 aromatic carbocycles. The molecule has 0 spiro atoms. The molecule has 0 bridgehead atoms. The number of aryl methyl sites for hydroxylation is 1. The Morgan fingerprint density at radius 3 is 2.72 bits per heavy atom. The maximum absolute atomic E-state index is 13.4. The molecule has 0 aliphatic heterocycles. The Kier molecular flexibility index (Phi) is 4.53. The number of nitrogens with zero attached hydrogens (tertiary/aromatic N) is 1. The summed E-state index contributed by atoms with van der Waals surface area (Å²) in [5.74, 6) is -0.144. The lowest BCUT2D eigenvalue weighted by Gasteiger charge is -2.09. The van der Waals surface area contributed by atoms with Crippen LogP contribution >= 0.6 is 0 Å². The summed E-state index contributed by atoms with van der Waals surface area (Å²) in [7, 11) is 0. The van der Waals surface area contributed by atoms with Crippen LogP contribution in [-0.2, 0) is 19.6 Å². The Morgan fingerprint density at radius 2 is 1.94 bits per heavy atom. The highest BCUT2D eigenvalue weighted by atomic mass is 19.1. The first-order valence-corrected chi connectivity index (χ1v) is 6.39. The summed E-state index contributed by atoms with van der Waals surface area (Å²) in [6.07, 6.45) is 3.21. The van der Waals surface area contributed by atoms with E-state index in [1.54, 1.807) is 6.07 Å². The summed E-state index contributed by atoms with van der Waals surface area (Å²) in [6, 6.07) is 11.0. The number of hydrogen-bond acceptors (Lipinski definition) is 1. The molecule has 1 heterocycles. The molecule has 0 radical (unpaired) electrons. The third-order valence-corrected chi connectivity index (χ3v) is 2.97. The molecule has 1 N–H and O–H groups in total. The molecule has 2 nitrogen and oxygen atoms in total. The van der Waals surface area contributed by atoms with E-state index >= 15 is 0 Å². The normalized spacial score (nSPS) is 10.8. The van der Waals surface area contributed by atoms with Crippen molar-refractivity contribution in [1.82, 2.24) is 9.88 Å². The van der Waals surface area contributed by atoms with E-state index < -0.39 is 0 Å². The second-order valence-corrected chi connectivity index (χ2v) is 4.39. The molecule has 1 aromatic heterocycles. The predicted octanol–water partition coefficient (Wildman–Crippen LogP) is 3.33. The van der Waals surface area contributed by atoms with Crippen LogP contribution in [0.5, 0.6) is 0 Å². The van der Waals surface area contributed by atoms with Gasteiger partial charge in [0.05, 0.1) is 0 Å². The Hall–Kier alpha value is -1.61. The molecular formula is C15H19FN2. The van der Waals surface area contributed by atoms with Crippen LogP contribution in [0.2, 0.25) is 0 Å². The van der Waals surface area contributed by atoms with E-state index in [9.17, 15) is 4.39 Å². The fraction of sp³-hybridized carbons (Fsp3) is 0.333. The van der Waals surface area contributed by atoms with E-state index in [2.05, 4.69) is 35.1 Å². The van der Waals surface area contributed by atoms with Crippen molar-refractivity contribution in [3.8, 4) is 0 Å². The molecule has 0 saturated heterocycles. The lowest BCUT2D eigenvalue weighted by Crippen LogP contribution is -2.16. The molecule has 0 unspecified atom stereocenters. The molecule has 3 heteroatoms. The Labute approximate surface area is 107 Å². The number of rotatable bonds is 6. The number of benzene rings is 1. The lowest BCUT2D eigenvalue weighted by atomic mass is 10.2. The maximum atomic E-state index is 13.4. The number of hydrogen-bond donors (Lipinski definition) is 1. The zero-order valence-corrected chi connectivity index (χ0v) is 10.7. The predicted molar refractivity (Wildman–Crippen MR) is 71.7 cm³/mol. The highest BCUT2D eigenvalue weighted by Crippen LogP contribution is 2.07. The molecule has 0 atom stereocenters. The van der Waals surface area contributed by atoms with Gasteiger partial charge in [0.1, 0.15) is 5.82 Å². The van der Waals surface area contributed by atoms with Gasteiger partial charge in [-0.25, -0.2) is 4.39 Å². The molecule has 2 aromatic rings. The molecule has 0 aliphatic carbocycles. The Morgan fingerprint density at radius 1 is 1.11 bits per heavy atom. The van der Waals surface area contributed by atoms with Crippen molar-refractivity contribution < 1.29 is 4.39 Å². The summed E-state index contributed by atoms with van der Waals surface area (Å²) >= 11 is 0. The minimum atomic E-state index is -0.144. The Balaban J connectivity index is 1.88. The third-order valence-electron chi connectivity index (χ3n) is 2.97. The molecule has 2 rings (SSSR count). The van der Waals surface area contributed by atoms with Crippen molar-refractivity contribution in [2.45, 2.75) is 33.0 Å². The first-order chi connectivity index (χ1) is 8.81. The lowest BCUT2D eigenvalue weighted by molar-refractivity contribution is 0.571. The molecule has 0 amide bonds. The van der Waals surface area contributed by atoms with Gasteiger partial charge in [-0.15, -0.1) is 0 Å². The fourth-order valence-corrected chi connectivity index (χ4v) is 2.04. The van der Waals surface area contributed by atoms with Gasteiger partial charge in [0, 0.05) is 37.1 Å². The van der Waals surface area contributed by atoms with Crippen molar-refractivity contribution in [2.24, 2.45) is 0 Å². The minimum Gasteiger partial charge on any atom is -0.350 e. The van der Waals surface area contributed by atoms with Crippen LogP contribution in [0.1, 0.15) is 24.6 Å². The fourth-order valence-electron chi connectivity index (χ4n) is 2.04. The van der Waals surface area contributed by atoms with Crippen molar-refractivity contribution in [2.75, 3.05) is 0 Å². The van der Waals surface area contributed by atoms with Gasteiger partial charge in [-0.2, -0.15) is 0 Å². The number of nitrogens with one attached hydrogen (secondary N) is 1. The van der Waals surface area contributed by atoms with E-state index in [4.69, 9.17) is 0 Å². The van der Waals surface area contributed by atoms with E-state index in [0.29, 0.717) is 12.1 Å². The molecular weight excluding hydrogens is 227 g/mol. The average Bonchev–Trinajstić information content (AvgIpc) is 2.80. The van der Waals surface area contributed by atoms with Crippen LogP contribution < -0.4 is 5.32 Å². The molecule has 0 aliphatic rings. The second-order valence-electron chi connectivity index (χ2n) is 4.39. The van der Waals surface area contributed by atoms with Gasteiger partial charge < -0.3 is 9.88 Å². The van der Waals surface area contributed by atoms with Crippen molar-refractivity contribution in [3.05, 3.63) is 59.7 Å². The van der Waals surface area contributed by atoms with E-state index in [1.807, 2.05) is 12.1 Å². The van der Waals surface area contributed by atoms with Crippen molar-refractivity contribution in [1.29, 1.82) is 0 Å². The van der Waals surface area contributed by atoms with Crippen LogP contribution in [0.4, 0.5) is 4.39 Å². The first kappa shape index (κ1) is 12.8. The van der Waals surface area contributed by atoms with Gasteiger partial charge in [0.2, 0.25) is 0 Å². The van der Waals surface area contributed by atoms with Gasteiger partial charge in [-0.3, -0.25) is 0 Å². The maximum Gasteiger partial charge on any atom is 0.127 e. The highest BCUT2D eigenvalue weighted by molar-refractivity contribution is 5.17. The topological polar surface area (TPSA) is 17.0 Å². The van der Waals surface area contributed by atoms with Crippen LogP contribution in [0.25, 0.3) is 0 Å². The molecule has 0 fully saturated rings. The number of halogens is 1. The van der Waals surface area contributed by atoms with E-state index in [0.717, 1.165) is 19.5 Å². The van der Waals surface area contributed by atoms with Crippen LogP contribution in [0.3, 0.4) is 0 Å². The SMILES string of the molecule is CCCn1cccc1CNCc1ccccc1F. The van der Waals surface area contributed by atoms with Gasteiger partial charge in [-0.05, 0) is 24.6 Å². The standard InChI is InChI=1S/C15H19FN2/c1-2-9-18-10-5-7-14(18)12-17-11-13-6-3-4-8-15(13)16/h3-8,10,17H,2,9,11-12H2,1H3. The third kappa shape index (κ3) is 3.20. The van der Waals surface area contributed by atoms with E-state index in [-0.39, 0.29) is 5.82 Å². The van der Waals surface area contributed by atoms with Crippen molar-refractivity contribution in [3.63, 3.8) is 0 Å². The van der Waals surface area contributed by atoms with E-state index in [1.165, 1.54) is 11.8 Å². The molecule has 18 heavy (non-hydrogen) atoms. The van der Waals surface area contributed by atoms with Crippen LogP contribution in [0.15, 0.2) is 42.6 Å². The summed E-state index contributed by atoms with van der Waals surface area (Å²) in [5.41, 5.74) is 1.96. The number of aromatic nitrogens is 1. The zero-order chi connectivity index (χ0) is 12.8. The van der Waals surface area contributed by atoms with Crippen molar-refractivity contribution >= 4 is 0 Å². The average molecular weight is 246 g/mol. The smallest absolute Gasteiger partial charge is 0.127 e. The zero-order valence-electron chi connectivity index (χ0n) is 10.7. The largest absolute Gasteiger partial charge is 0.350 e. The summed E-state index contributed by atoms with van der Waals surface area (Å²) < 4.78 is 15.6. The minimum absolute atomic E-state index is 0.144. The summed E-state index contributed by atoms with van der Waals surface area (Å²) in [4.78, 5) is 0.